The molecule has 1 aromatic carbocycles. The van der Waals surface area contributed by atoms with Gasteiger partial charge in [0.1, 0.15) is 12.4 Å². The quantitative estimate of drug-likeness (QED) is 0.624. The van der Waals surface area contributed by atoms with Crippen LogP contribution >= 0.6 is 0 Å². The summed E-state index contributed by atoms with van der Waals surface area (Å²) >= 11 is 0. The molecule has 3 rings (SSSR count). The Labute approximate surface area is 159 Å². The number of carbonyl (C=O) groups excluding carboxylic acids is 3. The maximum absolute atomic E-state index is 13.1. The maximum atomic E-state index is 13.1. The molecule has 1 N–H and O–H groups in total. The molecule has 2 fully saturated rings. The van der Waals surface area contributed by atoms with Gasteiger partial charge in [0.05, 0.1) is 11.0 Å². The molecule has 1 saturated heterocycles. The molecule has 1 heterocycles. The maximum Gasteiger partial charge on any atom is 0.416 e. The van der Waals surface area contributed by atoms with E-state index in [0.717, 1.165) is 36.3 Å². The van der Waals surface area contributed by atoms with Gasteiger partial charge in [0, 0.05) is 13.0 Å². The Balaban J connectivity index is 1.64. The number of amides is 3. The van der Waals surface area contributed by atoms with Crippen molar-refractivity contribution in [3.63, 3.8) is 0 Å². The van der Waals surface area contributed by atoms with Gasteiger partial charge < -0.3 is 5.32 Å². The number of imide groups is 1. The third-order valence-corrected chi connectivity index (χ3v) is 5.46. The van der Waals surface area contributed by atoms with Crippen molar-refractivity contribution in [3.05, 3.63) is 35.1 Å². The van der Waals surface area contributed by atoms with Crippen molar-refractivity contribution >= 4 is 17.7 Å². The van der Waals surface area contributed by atoms with E-state index in [4.69, 9.17) is 0 Å². The van der Waals surface area contributed by atoms with Crippen LogP contribution in [0.3, 0.4) is 0 Å². The monoisotopic (exact) mass is 400 g/mol. The number of carbonyl (C=O) groups is 3. The first-order chi connectivity index (χ1) is 13.1. The van der Waals surface area contributed by atoms with Crippen molar-refractivity contribution in [2.45, 2.75) is 51.2 Å². The van der Waals surface area contributed by atoms with Crippen LogP contribution in [0, 0.1) is 11.2 Å². The lowest BCUT2D eigenvalue weighted by molar-refractivity contribution is -0.145. The van der Waals surface area contributed by atoms with E-state index in [1.807, 2.05) is 0 Å². The first-order valence-corrected chi connectivity index (χ1v) is 9.09. The van der Waals surface area contributed by atoms with Crippen LogP contribution in [-0.4, -0.2) is 29.2 Å². The predicted molar refractivity (Wildman–Crippen MR) is 90.1 cm³/mol. The number of nitrogens with zero attached hydrogens (tertiary/aromatic N) is 1. The van der Waals surface area contributed by atoms with Gasteiger partial charge in [0.25, 0.3) is 0 Å². The average Bonchev–Trinajstić information content (AvgIpc) is 2.84. The van der Waals surface area contributed by atoms with Crippen LogP contribution in [0.2, 0.25) is 0 Å². The van der Waals surface area contributed by atoms with Crippen molar-refractivity contribution in [2.24, 2.45) is 5.41 Å². The molecule has 0 atom stereocenters. The summed E-state index contributed by atoms with van der Waals surface area (Å²) in [4.78, 5) is 37.9. The van der Waals surface area contributed by atoms with Crippen LogP contribution in [0.1, 0.15) is 49.7 Å². The van der Waals surface area contributed by atoms with E-state index in [2.05, 4.69) is 5.32 Å². The fourth-order valence-corrected chi connectivity index (χ4v) is 4.00. The first-order valence-electron chi connectivity index (χ1n) is 9.09. The van der Waals surface area contributed by atoms with Crippen LogP contribution in [-0.2, 0) is 27.1 Å². The summed E-state index contributed by atoms with van der Waals surface area (Å²) in [5.41, 5.74) is -2.21. The fraction of sp³-hybridized carbons (Fsp3) is 0.526. The van der Waals surface area contributed by atoms with Crippen molar-refractivity contribution in [3.8, 4) is 0 Å². The number of likely N-dealkylation sites (tertiary alicyclic amines) is 1. The van der Waals surface area contributed by atoms with Crippen molar-refractivity contribution < 1.29 is 31.9 Å². The molecule has 1 aliphatic heterocycles. The zero-order valence-electron chi connectivity index (χ0n) is 15.1. The molecular formula is C19H20F4N2O3. The molecule has 0 aromatic heterocycles. The summed E-state index contributed by atoms with van der Waals surface area (Å²) in [6.07, 6.45) is -0.761. The van der Waals surface area contributed by atoms with E-state index in [1.54, 1.807) is 0 Å². The van der Waals surface area contributed by atoms with Crippen LogP contribution < -0.4 is 5.32 Å². The van der Waals surface area contributed by atoms with E-state index in [9.17, 15) is 31.9 Å². The Morgan fingerprint density at radius 1 is 1.14 bits per heavy atom. The van der Waals surface area contributed by atoms with Gasteiger partial charge in [-0.3, -0.25) is 19.3 Å². The number of halogens is 4. The minimum atomic E-state index is -4.77. The third-order valence-electron chi connectivity index (χ3n) is 5.46. The van der Waals surface area contributed by atoms with Gasteiger partial charge in [-0.15, -0.1) is 0 Å². The smallest absolute Gasteiger partial charge is 0.350 e. The Bertz CT molecular complexity index is 801. The van der Waals surface area contributed by atoms with Crippen LogP contribution in [0.5, 0.6) is 0 Å². The highest BCUT2D eigenvalue weighted by molar-refractivity contribution is 6.08. The summed E-state index contributed by atoms with van der Waals surface area (Å²) in [7, 11) is 0. The fourth-order valence-electron chi connectivity index (χ4n) is 4.00. The number of hydrogen-bond acceptors (Lipinski definition) is 3. The lowest BCUT2D eigenvalue weighted by Crippen LogP contribution is -2.43. The van der Waals surface area contributed by atoms with Crippen molar-refractivity contribution in [1.29, 1.82) is 0 Å². The molecule has 1 aromatic rings. The molecule has 5 nitrogen and oxygen atoms in total. The highest BCUT2D eigenvalue weighted by Crippen LogP contribution is 2.45. The summed E-state index contributed by atoms with van der Waals surface area (Å²) in [5, 5.41) is 2.28. The van der Waals surface area contributed by atoms with Gasteiger partial charge >= 0.3 is 6.18 Å². The van der Waals surface area contributed by atoms with Gasteiger partial charge in [0.15, 0.2) is 0 Å². The average molecular weight is 400 g/mol. The topological polar surface area (TPSA) is 66.5 Å². The van der Waals surface area contributed by atoms with E-state index < -0.39 is 47.9 Å². The van der Waals surface area contributed by atoms with Gasteiger partial charge in [-0.05, 0) is 30.5 Å². The molecule has 0 unspecified atom stereocenters. The summed E-state index contributed by atoms with van der Waals surface area (Å²) in [6, 6.07) is 2.18. The third kappa shape index (κ3) is 4.02. The Kier molecular flexibility index (Phi) is 5.45. The zero-order valence-corrected chi connectivity index (χ0v) is 15.1. The molecule has 0 radical (unpaired) electrons. The van der Waals surface area contributed by atoms with Crippen molar-refractivity contribution in [2.75, 3.05) is 6.54 Å². The number of benzene rings is 1. The second kappa shape index (κ2) is 7.52. The number of alkyl halides is 3. The molecular weight excluding hydrogens is 380 g/mol. The summed E-state index contributed by atoms with van der Waals surface area (Å²) in [5.74, 6) is -2.58. The molecule has 1 spiro atoms. The van der Waals surface area contributed by atoms with Gasteiger partial charge in [0.2, 0.25) is 17.7 Å². The Morgan fingerprint density at radius 3 is 2.46 bits per heavy atom. The second-order valence-corrected chi connectivity index (χ2v) is 7.38. The van der Waals surface area contributed by atoms with E-state index in [0.29, 0.717) is 18.9 Å². The standard InChI is InChI=1S/C19H20F4N2O3/c20-13-5-4-12(14(8-13)19(21,22)23)10-24-15(26)11-25-16(27)9-18(17(25)28)6-2-1-3-7-18/h4-5,8H,1-3,6-7,9-11H2,(H,24,26). The Hall–Kier alpha value is -2.45. The van der Waals surface area contributed by atoms with Gasteiger partial charge in [-0.2, -0.15) is 13.2 Å². The Morgan fingerprint density at radius 2 is 1.82 bits per heavy atom. The molecule has 152 valence electrons. The molecule has 2 aliphatic rings. The molecule has 0 bridgehead atoms. The van der Waals surface area contributed by atoms with Gasteiger partial charge in [-0.25, -0.2) is 4.39 Å². The molecule has 3 amide bonds. The van der Waals surface area contributed by atoms with Crippen LogP contribution in [0.4, 0.5) is 17.6 Å². The number of rotatable bonds is 4. The van der Waals surface area contributed by atoms with E-state index in [-0.39, 0.29) is 17.9 Å². The molecule has 1 saturated carbocycles. The van der Waals surface area contributed by atoms with Crippen molar-refractivity contribution in [1.82, 2.24) is 10.2 Å². The van der Waals surface area contributed by atoms with Gasteiger partial charge in [-0.1, -0.05) is 25.3 Å². The highest BCUT2D eigenvalue weighted by Gasteiger charge is 2.51. The molecule has 28 heavy (non-hydrogen) atoms. The van der Waals surface area contributed by atoms with E-state index >= 15 is 0 Å². The zero-order chi connectivity index (χ0) is 20.5. The normalized spacial score (nSPS) is 19.4. The minimum Gasteiger partial charge on any atom is -0.350 e. The molecule has 1 aliphatic carbocycles. The first kappa shape index (κ1) is 20.3. The predicted octanol–water partition coefficient (Wildman–Crippen LogP) is 3.17. The minimum absolute atomic E-state index is 0.0787. The van der Waals surface area contributed by atoms with Crippen LogP contribution in [0.15, 0.2) is 18.2 Å². The summed E-state index contributed by atoms with van der Waals surface area (Å²) < 4.78 is 52.2. The highest BCUT2D eigenvalue weighted by atomic mass is 19.4. The number of nitrogens with one attached hydrogen (secondary N) is 1. The van der Waals surface area contributed by atoms with E-state index in [1.165, 1.54) is 0 Å². The lowest BCUT2D eigenvalue weighted by atomic mass is 9.73. The molecule has 9 heteroatoms. The van der Waals surface area contributed by atoms with Crippen LogP contribution in [0.25, 0.3) is 0 Å². The largest absolute Gasteiger partial charge is 0.416 e. The summed E-state index contributed by atoms with van der Waals surface area (Å²) in [6.45, 7) is -1.02. The lowest BCUT2D eigenvalue weighted by Gasteiger charge is -2.30. The SMILES string of the molecule is O=C(CN1C(=O)CC2(CCCCC2)C1=O)NCc1ccc(F)cc1C(F)(F)F. The number of hydrogen-bond donors (Lipinski definition) is 1. The second-order valence-electron chi connectivity index (χ2n) is 7.38.